The fourth-order valence-corrected chi connectivity index (χ4v) is 4.57. The molecule has 3 heterocycles. The van der Waals surface area contributed by atoms with Crippen molar-refractivity contribution in [2.45, 2.75) is 13.0 Å². The van der Waals surface area contributed by atoms with Gasteiger partial charge in [0.15, 0.2) is 0 Å². The number of hydrogen-bond donors (Lipinski definition) is 1. The Kier molecular flexibility index (Phi) is 5.29. The highest BCUT2D eigenvalue weighted by molar-refractivity contribution is 6.04. The van der Waals surface area contributed by atoms with E-state index >= 15 is 0 Å². The van der Waals surface area contributed by atoms with Gasteiger partial charge in [0.2, 0.25) is 12.3 Å². The summed E-state index contributed by atoms with van der Waals surface area (Å²) in [7, 11) is 1.86. The fraction of sp³-hybridized carbons (Fsp3) is 0.148. The van der Waals surface area contributed by atoms with Gasteiger partial charge in [0, 0.05) is 54.1 Å². The van der Waals surface area contributed by atoms with E-state index in [-0.39, 0.29) is 11.8 Å². The van der Waals surface area contributed by atoms with Crippen molar-refractivity contribution in [2.24, 2.45) is 7.05 Å². The molecular weight excluding hydrogens is 456 g/mol. The quantitative estimate of drug-likeness (QED) is 0.417. The molecule has 3 aromatic carbocycles. The van der Waals surface area contributed by atoms with E-state index in [4.69, 9.17) is 4.42 Å². The van der Waals surface area contributed by atoms with Gasteiger partial charge in [-0.15, -0.1) is 10.2 Å². The van der Waals surface area contributed by atoms with Crippen LogP contribution in [0.3, 0.4) is 0 Å². The maximum absolute atomic E-state index is 13.3. The summed E-state index contributed by atoms with van der Waals surface area (Å²) >= 11 is 0. The first-order valence-corrected chi connectivity index (χ1v) is 11.6. The second kappa shape index (κ2) is 8.77. The number of amides is 2. The number of nitrogens with one attached hydrogen (secondary N) is 1. The highest BCUT2D eigenvalue weighted by Crippen LogP contribution is 2.25. The van der Waals surface area contributed by atoms with Crippen LogP contribution in [0.2, 0.25) is 0 Å². The number of rotatable bonds is 4. The molecule has 0 radical (unpaired) electrons. The number of nitrogens with zero attached hydrogens (tertiary/aromatic N) is 5. The molecule has 1 aliphatic heterocycles. The topological polar surface area (TPSA) is 106 Å². The first-order chi connectivity index (χ1) is 17.5. The van der Waals surface area contributed by atoms with Crippen molar-refractivity contribution < 1.29 is 14.0 Å². The molecule has 178 valence electrons. The number of hydrogen-bond acceptors (Lipinski definition) is 6. The summed E-state index contributed by atoms with van der Waals surface area (Å²) in [6, 6.07) is 18.5. The smallest absolute Gasteiger partial charge is 0.255 e. The van der Waals surface area contributed by atoms with Gasteiger partial charge in [-0.2, -0.15) is 5.10 Å². The standard InChI is InChI=1S/C27H22N6O3/c1-32-14-22-12-20(7-8-24(22)31-32)27(35)33-10-9-17-5-6-18(11-21(17)15-33)25(34)29-23-4-2-3-19(13-23)26-30-28-16-36-26/h2-8,11-14,16H,9-10,15H2,1H3,(H,29,34). The average molecular weight is 479 g/mol. The Hall–Kier alpha value is -4.79. The Morgan fingerprint density at radius 3 is 2.75 bits per heavy atom. The highest BCUT2D eigenvalue weighted by Gasteiger charge is 2.23. The molecule has 0 saturated heterocycles. The summed E-state index contributed by atoms with van der Waals surface area (Å²) in [4.78, 5) is 28.1. The number of benzene rings is 3. The predicted octanol–water partition coefficient (Wildman–Crippen LogP) is 4.07. The molecule has 0 atom stereocenters. The van der Waals surface area contributed by atoms with Gasteiger partial charge in [-0.3, -0.25) is 14.3 Å². The lowest BCUT2D eigenvalue weighted by Crippen LogP contribution is -2.36. The molecular formula is C27H22N6O3. The lowest BCUT2D eigenvalue weighted by atomic mass is 9.96. The highest BCUT2D eigenvalue weighted by atomic mass is 16.4. The van der Waals surface area contributed by atoms with E-state index in [1.807, 2.05) is 66.7 Å². The summed E-state index contributed by atoms with van der Waals surface area (Å²) in [5, 5.41) is 15.8. The van der Waals surface area contributed by atoms with Gasteiger partial charge in [0.1, 0.15) is 0 Å². The minimum atomic E-state index is -0.231. The van der Waals surface area contributed by atoms with Crippen LogP contribution in [0.15, 0.2) is 77.7 Å². The van der Waals surface area contributed by atoms with Crippen molar-refractivity contribution in [3.05, 3.63) is 95.5 Å². The predicted molar refractivity (Wildman–Crippen MR) is 133 cm³/mol. The lowest BCUT2D eigenvalue weighted by molar-refractivity contribution is 0.0735. The van der Waals surface area contributed by atoms with Gasteiger partial charge in [-0.25, -0.2) is 0 Å². The number of fused-ring (bicyclic) bond motifs is 2. The third kappa shape index (κ3) is 4.11. The van der Waals surface area contributed by atoms with Gasteiger partial charge < -0.3 is 14.6 Å². The van der Waals surface area contributed by atoms with E-state index in [1.54, 1.807) is 16.8 Å². The van der Waals surface area contributed by atoms with Crippen LogP contribution in [0.25, 0.3) is 22.4 Å². The molecule has 6 rings (SSSR count). The minimum Gasteiger partial charge on any atom is -0.423 e. The molecule has 0 unspecified atom stereocenters. The van der Waals surface area contributed by atoms with Gasteiger partial charge >= 0.3 is 0 Å². The zero-order valence-electron chi connectivity index (χ0n) is 19.5. The van der Waals surface area contributed by atoms with Crippen molar-refractivity contribution >= 4 is 28.4 Å². The first kappa shape index (κ1) is 21.7. The van der Waals surface area contributed by atoms with Crippen LogP contribution in [-0.2, 0) is 20.0 Å². The second-order valence-corrected chi connectivity index (χ2v) is 8.82. The molecule has 1 aliphatic rings. The summed E-state index contributed by atoms with van der Waals surface area (Å²) in [6.45, 7) is 1.08. The number of anilines is 1. The van der Waals surface area contributed by atoms with Crippen LogP contribution in [0.5, 0.6) is 0 Å². The molecule has 1 N–H and O–H groups in total. The molecule has 0 bridgehead atoms. The molecule has 0 spiro atoms. The Bertz CT molecular complexity index is 1610. The van der Waals surface area contributed by atoms with Gasteiger partial charge in [-0.1, -0.05) is 12.1 Å². The third-order valence-electron chi connectivity index (χ3n) is 6.36. The molecule has 36 heavy (non-hydrogen) atoms. The van der Waals surface area contributed by atoms with Crippen LogP contribution < -0.4 is 5.32 Å². The minimum absolute atomic E-state index is 0.0286. The first-order valence-electron chi connectivity index (χ1n) is 11.6. The van der Waals surface area contributed by atoms with E-state index in [1.165, 1.54) is 6.39 Å². The van der Waals surface area contributed by atoms with Gasteiger partial charge in [0.05, 0.1) is 5.52 Å². The number of carbonyl (C=O) groups is 2. The molecule has 9 heteroatoms. The SMILES string of the molecule is Cn1cc2cc(C(=O)N3CCc4ccc(C(=O)Nc5cccc(-c6nnco6)c5)cc4C3)ccc2n1. The summed E-state index contributed by atoms with van der Waals surface area (Å²) in [6.07, 6.45) is 3.91. The molecule has 0 saturated carbocycles. The van der Waals surface area contributed by atoms with Crippen molar-refractivity contribution in [3.8, 4) is 11.5 Å². The third-order valence-corrected chi connectivity index (χ3v) is 6.36. The molecule has 2 aromatic heterocycles. The Morgan fingerprint density at radius 1 is 1.00 bits per heavy atom. The molecule has 5 aromatic rings. The average Bonchev–Trinajstić information content (AvgIpc) is 3.56. The van der Waals surface area contributed by atoms with E-state index in [2.05, 4.69) is 20.6 Å². The molecule has 2 amide bonds. The Labute approximate surface area is 206 Å². The number of aromatic nitrogens is 4. The fourth-order valence-electron chi connectivity index (χ4n) is 4.57. The zero-order chi connectivity index (χ0) is 24.6. The Morgan fingerprint density at radius 2 is 1.89 bits per heavy atom. The number of carbonyl (C=O) groups excluding carboxylic acids is 2. The van der Waals surface area contributed by atoms with Crippen LogP contribution in [-0.4, -0.2) is 43.2 Å². The van der Waals surface area contributed by atoms with E-state index in [9.17, 15) is 9.59 Å². The van der Waals surface area contributed by atoms with Crippen LogP contribution in [0.1, 0.15) is 31.8 Å². The maximum Gasteiger partial charge on any atom is 0.255 e. The van der Waals surface area contributed by atoms with Crippen molar-refractivity contribution in [2.75, 3.05) is 11.9 Å². The summed E-state index contributed by atoms with van der Waals surface area (Å²) < 4.78 is 6.98. The van der Waals surface area contributed by atoms with Crippen LogP contribution in [0, 0.1) is 0 Å². The molecule has 0 aliphatic carbocycles. The molecule has 0 fully saturated rings. The number of aryl methyl sites for hydroxylation is 1. The monoisotopic (exact) mass is 478 g/mol. The van der Waals surface area contributed by atoms with E-state index < -0.39 is 0 Å². The van der Waals surface area contributed by atoms with Crippen molar-refractivity contribution in [1.82, 2.24) is 24.9 Å². The normalized spacial score (nSPS) is 13.0. The van der Waals surface area contributed by atoms with Crippen molar-refractivity contribution in [3.63, 3.8) is 0 Å². The summed E-state index contributed by atoms with van der Waals surface area (Å²) in [5.41, 5.74) is 5.49. The van der Waals surface area contributed by atoms with E-state index in [0.29, 0.717) is 35.8 Å². The van der Waals surface area contributed by atoms with Crippen LogP contribution in [0.4, 0.5) is 5.69 Å². The maximum atomic E-state index is 13.3. The zero-order valence-corrected chi connectivity index (χ0v) is 19.5. The van der Waals surface area contributed by atoms with E-state index in [0.717, 1.165) is 34.0 Å². The summed E-state index contributed by atoms with van der Waals surface area (Å²) in [5.74, 6) is 0.123. The van der Waals surface area contributed by atoms with Gasteiger partial charge in [-0.05, 0) is 66.1 Å². The Balaban J connectivity index is 1.19. The molecule has 9 nitrogen and oxygen atoms in total. The second-order valence-electron chi connectivity index (χ2n) is 8.82. The van der Waals surface area contributed by atoms with Crippen molar-refractivity contribution in [1.29, 1.82) is 0 Å². The van der Waals surface area contributed by atoms with Gasteiger partial charge in [0.25, 0.3) is 11.8 Å². The lowest BCUT2D eigenvalue weighted by Gasteiger charge is -2.29. The largest absolute Gasteiger partial charge is 0.423 e. The van der Waals surface area contributed by atoms with Crippen LogP contribution >= 0.6 is 0 Å².